The second kappa shape index (κ2) is 11.3. The maximum atomic E-state index is 13.9. The van der Waals surface area contributed by atoms with Crippen molar-refractivity contribution in [3.63, 3.8) is 0 Å². The molecule has 0 spiro atoms. The third kappa shape index (κ3) is 5.52. The summed E-state index contributed by atoms with van der Waals surface area (Å²) in [6, 6.07) is 16.1. The Balaban J connectivity index is 1.67. The molecule has 1 saturated heterocycles. The van der Waals surface area contributed by atoms with Crippen molar-refractivity contribution in [3.05, 3.63) is 87.1 Å². The molecule has 2 heterocycles. The number of aliphatic imine (C=N–C) groups is 1. The minimum absolute atomic E-state index is 0.131. The predicted octanol–water partition coefficient (Wildman–Crippen LogP) is 4.81. The van der Waals surface area contributed by atoms with Gasteiger partial charge in [-0.15, -0.1) is 0 Å². The van der Waals surface area contributed by atoms with Crippen LogP contribution in [0.15, 0.2) is 70.9 Å². The van der Waals surface area contributed by atoms with Gasteiger partial charge in [0.1, 0.15) is 11.5 Å². The van der Waals surface area contributed by atoms with Crippen molar-refractivity contribution in [2.24, 2.45) is 10.9 Å². The fourth-order valence-electron chi connectivity index (χ4n) is 5.53. The summed E-state index contributed by atoms with van der Waals surface area (Å²) >= 11 is 0. The van der Waals surface area contributed by atoms with Crippen LogP contribution in [0, 0.1) is 16.0 Å². The van der Waals surface area contributed by atoms with Gasteiger partial charge in [-0.2, -0.15) is 0 Å². The number of nitro benzene ring substituents is 1. The number of hydrogen-bond donors (Lipinski definition) is 0. The topological polar surface area (TPSA) is 111 Å². The Morgan fingerprint density at radius 1 is 1.16 bits per heavy atom. The van der Waals surface area contributed by atoms with Gasteiger partial charge < -0.3 is 9.47 Å². The summed E-state index contributed by atoms with van der Waals surface area (Å²) in [4.78, 5) is 44.6. The number of esters is 2. The maximum absolute atomic E-state index is 13.9. The van der Waals surface area contributed by atoms with Gasteiger partial charge in [-0.05, 0) is 31.4 Å². The highest BCUT2D eigenvalue weighted by Gasteiger charge is 2.46. The van der Waals surface area contributed by atoms with Gasteiger partial charge in [0.15, 0.2) is 0 Å². The number of carbonyl (C=O) groups excluding carboxylic acids is 2. The lowest BCUT2D eigenvalue weighted by Gasteiger charge is -2.34. The first-order chi connectivity index (χ1) is 18.2. The van der Waals surface area contributed by atoms with E-state index in [9.17, 15) is 19.7 Å². The average Bonchev–Trinajstić information content (AvgIpc) is 3.30. The number of rotatable bonds is 8. The Bertz CT molecular complexity index is 1290. The van der Waals surface area contributed by atoms with E-state index in [1.165, 1.54) is 24.8 Å². The molecule has 9 heteroatoms. The second-order valence-corrected chi connectivity index (χ2v) is 9.96. The molecule has 9 nitrogen and oxygen atoms in total. The fourth-order valence-corrected chi connectivity index (χ4v) is 5.53. The zero-order valence-electron chi connectivity index (χ0n) is 22.2. The fraction of sp³-hybridized carbons (Fsp3) is 0.414. The highest BCUT2D eigenvalue weighted by atomic mass is 16.6. The molecule has 0 radical (unpaired) electrons. The Hall–Kier alpha value is -3.85. The second-order valence-electron chi connectivity index (χ2n) is 9.96. The van der Waals surface area contributed by atoms with Crippen molar-refractivity contribution < 1.29 is 24.0 Å². The third-order valence-corrected chi connectivity index (χ3v) is 7.54. The van der Waals surface area contributed by atoms with Crippen LogP contribution in [0.5, 0.6) is 0 Å². The van der Waals surface area contributed by atoms with E-state index >= 15 is 0 Å². The molecule has 2 aliphatic heterocycles. The Kier molecular flexibility index (Phi) is 8.06. The molecule has 3 atom stereocenters. The van der Waals surface area contributed by atoms with Gasteiger partial charge in [-0.1, -0.05) is 49.4 Å². The van der Waals surface area contributed by atoms with Crippen LogP contribution in [-0.4, -0.2) is 53.3 Å². The lowest BCUT2D eigenvalue weighted by atomic mass is 9.75. The quantitative estimate of drug-likeness (QED) is 0.279. The summed E-state index contributed by atoms with van der Waals surface area (Å²) in [5.74, 6) is -2.87. The van der Waals surface area contributed by atoms with Gasteiger partial charge in [0, 0.05) is 55.5 Å². The molecule has 0 aliphatic carbocycles. The van der Waals surface area contributed by atoms with Crippen molar-refractivity contribution in [2.75, 3.05) is 20.2 Å². The van der Waals surface area contributed by atoms with Gasteiger partial charge in [0.25, 0.3) is 5.69 Å². The number of ether oxygens (including phenoxy) is 2. The minimum atomic E-state index is -0.913. The van der Waals surface area contributed by atoms with Crippen LogP contribution in [0.25, 0.3) is 0 Å². The number of carbonyl (C=O) groups is 2. The molecule has 0 saturated carbocycles. The van der Waals surface area contributed by atoms with Crippen molar-refractivity contribution in [3.8, 4) is 0 Å². The van der Waals surface area contributed by atoms with E-state index in [1.807, 2.05) is 25.1 Å². The number of nitro groups is 1. The zero-order chi connectivity index (χ0) is 27.4. The number of likely N-dealkylation sites (tertiary alicyclic amines) is 1. The average molecular weight is 520 g/mol. The highest BCUT2D eigenvalue weighted by molar-refractivity contribution is 6.07. The van der Waals surface area contributed by atoms with Gasteiger partial charge >= 0.3 is 11.9 Å². The first kappa shape index (κ1) is 27.2. The van der Waals surface area contributed by atoms with Crippen LogP contribution < -0.4 is 0 Å². The van der Waals surface area contributed by atoms with Crippen molar-refractivity contribution in [2.45, 2.75) is 51.7 Å². The van der Waals surface area contributed by atoms with Gasteiger partial charge in [0.2, 0.25) is 0 Å². The molecule has 0 amide bonds. The Labute approximate surface area is 222 Å². The van der Waals surface area contributed by atoms with Crippen molar-refractivity contribution in [1.82, 2.24) is 4.90 Å². The molecule has 3 unspecified atom stereocenters. The van der Waals surface area contributed by atoms with E-state index < -0.39 is 34.3 Å². The molecule has 2 aliphatic rings. The van der Waals surface area contributed by atoms with E-state index in [4.69, 9.17) is 9.47 Å². The summed E-state index contributed by atoms with van der Waals surface area (Å²) in [5.41, 5.74) is 1.95. The van der Waals surface area contributed by atoms with Gasteiger partial charge in [-0.3, -0.25) is 24.8 Å². The van der Waals surface area contributed by atoms with E-state index in [2.05, 4.69) is 22.0 Å². The number of non-ortho nitro benzene ring substituents is 1. The van der Waals surface area contributed by atoms with Crippen LogP contribution in [-0.2, 0) is 25.6 Å². The maximum Gasteiger partial charge on any atom is 0.337 e. The number of nitrogens with zero attached hydrogens (tertiary/aromatic N) is 3. The molecule has 2 aromatic carbocycles. The normalized spacial score (nSPS) is 23.6. The SMILES string of the molecule is CCC1(OC(=O)C2=C(C)N=C(C)C(C(=O)OC)C2c2cccc([N+](=O)[O-])c2)CCN(Cc2ccccc2)C1. The molecule has 2 aromatic rings. The van der Waals surface area contributed by atoms with Gasteiger partial charge in [0.05, 0.1) is 17.6 Å². The predicted molar refractivity (Wildman–Crippen MR) is 143 cm³/mol. The number of allylic oxidation sites excluding steroid dienone is 1. The summed E-state index contributed by atoms with van der Waals surface area (Å²) in [7, 11) is 1.27. The van der Waals surface area contributed by atoms with E-state index in [-0.39, 0.29) is 11.3 Å². The Morgan fingerprint density at radius 2 is 1.89 bits per heavy atom. The van der Waals surface area contributed by atoms with Crippen LogP contribution in [0.1, 0.15) is 50.7 Å². The standard InChI is InChI=1S/C29H33N3O6/c1-5-29(14-15-31(18-29)17-21-10-7-6-8-11-21)38-28(34)25-20(3)30-19(2)24(27(33)37-4)26(25)22-12-9-13-23(16-22)32(35)36/h6-13,16,24,26H,5,14-15,17-18H2,1-4H3. The van der Waals surface area contributed by atoms with Crippen LogP contribution in [0.3, 0.4) is 0 Å². The summed E-state index contributed by atoms with van der Waals surface area (Å²) < 4.78 is 11.3. The zero-order valence-corrected chi connectivity index (χ0v) is 22.2. The molecule has 0 N–H and O–H groups in total. The summed E-state index contributed by atoms with van der Waals surface area (Å²) in [6.07, 6.45) is 1.30. The number of benzene rings is 2. The monoisotopic (exact) mass is 519 g/mol. The van der Waals surface area contributed by atoms with Crippen molar-refractivity contribution in [1.29, 1.82) is 0 Å². The first-order valence-electron chi connectivity index (χ1n) is 12.8. The Morgan fingerprint density at radius 3 is 2.55 bits per heavy atom. The molecule has 4 rings (SSSR count). The molecule has 200 valence electrons. The number of hydrogen-bond acceptors (Lipinski definition) is 8. The highest BCUT2D eigenvalue weighted by Crippen LogP contribution is 2.42. The van der Waals surface area contributed by atoms with Crippen molar-refractivity contribution >= 4 is 23.3 Å². The van der Waals surface area contributed by atoms with E-state index in [1.54, 1.807) is 26.0 Å². The summed E-state index contributed by atoms with van der Waals surface area (Å²) in [6.45, 7) is 7.52. The third-order valence-electron chi connectivity index (χ3n) is 7.54. The van der Waals surface area contributed by atoms with E-state index in [0.29, 0.717) is 36.4 Å². The smallest absolute Gasteiger partial charge is 0.337 e. The molecular formula is C29H33N3O6. The molecule has 0 bridgehead atoms. The minimum Gasteiger partial charge on any atom is -0.468 e. The molecular weight excluding hydrogens is 486 g/mol. The van der Waals surface area contributed by atoms with E-state index in [0.717, 1.165) is 13.1 Å². The molecule has 1 fully saturated rings. The van der Waals surface area contributed by atoms with Crippen LogP contribution in [0.4, 0.5) is 5.69 Å². The lowest BCUT2D eigenvalue weighted by molar-refractivity contribution is -0.384. The van der Waals surface area contributed by atoms with Crippen LogP contribution >= 0.6 is 0 Å². The largest absolute Gasteiger partial charge is 0.468 e. The lowest BCUT2D eigenvalue weighted by Crippen LogP contribution is -2.41. The summed E-state index contributed by atoms with van der Waals surface area (Å²) in [5, 5.41) is 11.5. The van der Waals surface area contributed by atoms with Crippen LogP contribution in [0.2, 0.25) is 0 Å². The molecule has 0 aromatic heterocycles. The molecule has 38 heavy (non-hydrogen) atoms. The van der Waals surface area contributed by atoms with Gasteiger partial charge in [-0.25, -0.2) is 4.79 Å². The number of methoxy groups -OCH3 is 1. The first-order valence-corrected chi connectivity index (χ1v) is 12.8.